The van der Waals surface area contributed by atoms with E-state index in [1.807, 2.05) is 0 Å². The molecule has 4 fully saturated rings. The van der Waals surface area contributed by atoms with Gasteiger partial charge in [0.05, 0.1) is 13.0 Å². The molecular weight excluding hydrogens is 307 g/mol. The third-order valence-corrected chi connectivity index (χ3v) is 5.66. The lowest BCUT2D eigenvalue weighted by molar-refractivity contribution is -0.140. The number of rotatable bonds is 5. The van der Waals surface area contributed by atoms with Gasteiger partial charge in [-0.15, -0.1) is 0 Å². The Hall–Kier alpha value is -1.62. The van der Waals surface area contributed by atoms with Crippen molar-refractivity contribution in [1.29, 1.82) is 0 Å². The van der Waals surface area contributed by atoms with Crippen LogP contribution in [0.3, 0.4) is 0 Å². The van der Waals surface area contributed by atoms with Crippen LogP contribution in [0.1, 0.15) is 31.2 Å². The Morgan fingerprint density at radius 2 is 2.04 bits per heavy atom. The van der Waals surface area contributed by atoms with E-state index in [4.69, 9.17) is 4.74 Å². The quantitative estimate of drug-likeness (QED) is 0.831. The van der Waals surface area contributed by atoms with Crippen LogP contribution in [-0.4, -0.2) is 48.5 Å². The summed E-state index contributed by atoms with van der Waals surface area (Å²) in [6.07, 6.45) is 4.62. The second-order valence-electron chi connectivity index (χ2n) is 7.51. The SMILES string of the molecule is COc1ccc(F)cc1CN1C[C@H]2CC[C@@H](C1)N(CC1CC1)C2=O. The molecule has 24 heavy (non-hydrogen) atoms. The second kappa shape index (κ2) is 6.36. The van der Waals surface area contributed by atoms with Gasteiger partial charge in [0.15, 0.2) is 0 Å². The zero-order valence-corrected chi connectivity index (χ0v) is 14.2. The van der Waals surface area contributed by atoms with E-state index in [1.165, 1.54) is 18.9 Å². The Labute approximate surface area is 142 Å². The molecule has 130 valence electrons. The Kier molecular flexibility index (Phi) is 4.21. The van der Waals surface area contributed by atoms with Gasteiger partial charge in [0.1, 0.15) is 11.6 Å². The average molecular weight is 332 g/mol. The molecule has 5 rings (SSSR count). The van der Waals surface area contributed by atoms with Gasteiger partial charge in [-0.3, -0.25) is 9.69 Å². The van der Waals surface area contributed by atoms with Gasteiger partial charge in [-0.05, 0) is 49.8 Å². The standard InChI is InChI=1S/C19H25FN2O2/c1-24-18-7-5-16(20)8-15(18)11-21-10-14-4-6-17(12-21)22(19(14)23)9-13-2-3-13/h5,7-8,13-14,17H,2-4,6,9-12H2,1H3/t14-,17+/m1/s1. The first-order chi connectivity index (χ1) is 11.6. The number of benzene rings is 1. The number of nitrogens with zero attached hydrogens (tertiary/aromatic N) is 2. The molecule has 2 bridgehead atoms. The first-order valence-electron chi connectivity index (χ1n) is 8.99. The van der Waals surface area contributed by atoms with Gasteiger partial charge in [-0.2, -0.15) is 0 Å². The lowest BCUT2D eigenvalue weighted by Crippen LogP contribution is -2.48. The van der Waals surface area contributed by atoms with Crippen LogP contribution in [0.5, 0.6) is 5.75 Å². The highest BCUT2D eigenvalue weighted by atomic mass is 19.1. The maximum atomic E-state index is 13.6. The van der Waals surface area contributed by atoms with Crippen LogP contribution in [0.2, 0.25) is 0 Å². The lowest BCUT2D eigenvalue weighted by Gasteiger charge is -2.36. The van der Waals surface area contributed by atoms with E-state index in [1.54, 1.807) is 19.2 Å². The predicted octanol–water partition coefficient (Wildman–Crippen LogP) is 2.67. The minimum atomic E-state index is -0.241. The molecule has 4 nitrogen and oxygen atoms in total. The van der Waals surface area contributed by atoms with E-state index >= 15 is 0 Å². The summed E-state index contributed by atoms with van der Waals surface area (Å²) >= 11 is 0. The van der Waals surface area contributed by atoms with E-state index < -0.39 is 0 Å². The van der Waals surface area contributed by atoms with E-state index in [0.29, 0.717) is 24.2 Å². The van der Waals surface area contributed by atoms with Crippen LogP contribution in [0.25, 0.3) is 0 Å². The van der Waals surface area contributed by atoms with Crippen LogP contribution >= 0.6 is 0 Å². The summed E-state index contributed by atoms with van der Waals surface area (Å²) in [6, 6.07) is 4.98. The number of ether oxygens (including phenoxy) is 1. The number of methoxy groups -OCH3 is 1. The van der Waals surface area contributed by atoms with Gasteiger partial charge < -0.3 is 9.64 Å². The topological polar surface area (TPSA) is 32.8 Å². The molecule has 1 amide bonds. The van der Waals surface area contributed by atoms with Crippen molar-refractivity contribution >= 4 is 5.91 Å². The number of amides is 1. The Morgan fingerprint density at radius 3 is 2.79 bits per heavy atom. The van der Waals surface area contributed by atoms with Gasteiger partial charge in [-0.1, -0.05) is 0 Å². The Bertz CT molecular complexity index is 632. The number of hydrogen-bond donors (Lipinski definition) is 0. The first-order valence-corrected chi connectivity index (χ1v) is 8.99. The molecule has 1 aromatic carbocycles. The van der Waals surface area contributed by atoms with E-state index in [-0.39, 0.29) is 11.7 Å². The van der Waals surface area contributed by atoms with E-state index in [2.05, 4.69) is 9.80 Å². The number of halogens is 1. The molecule has 4 aliphatic rings. The van der Waals surface area contributed by atoms with Crippen molar-refractivity contribution in [3.05, 3.63) is 29.6 Å². The van der Waals surface area contributed by atoms with Crippen LogP contribution in [0.4, 0.5) is 4.39 Å². The Balaban J connectivity index is 1.51. The summed E-state index contributed by atoms with van der Waals surface area (Å²) in [6.45, 7) is 3.24. The molecule has 1 aromatic rings. The van der Waals surface area contributed by atoms with Gasteiger partial charge in [-0.25, -0.2) is 4.39 Å². The zero-order chi connectivity index (χ0) is 16.7. The molecule has 1 saturated carbocycles. The van der Waals surface area contributed by atoms with Crippen molar-refractivity contribution in [2.75, 3.05) is 26.7 Å². The number of fused-ring (bicyclic) bond motifs is 4. The van der Waals surface area contributed by atoms with Crippen molar-refractivity contribution in [1.82, 2.24) is 9.80 Å². The molecule has 0 N–H and O–H groups in total. The molecule has 1 aliphatic carbocycles. The Morgan fingerprint density at radius 1 is 1.21 bits per heavy atom. The molecule has 3 saturated heterocycles. The molecule has 0 radical (unpaired) electrons. The van der Waals surface area contributed by atoms with Gasteiger partial charge >= 0.3 is 0 Å². The minimum absolute atomic E-state index is 0.0991. The van der Waals surface area contributed by atoms with E-state index in [9.17, 15) is 9.18 Å². The molecule has 5 heteroatoms. The van der Waals surface area contributed by atoms with Crippen LogP contribution in [0.15, 0.2) is 18.2 Å². The predicted molar refractivity (Wildman–Crippen MR) is 89.2 cm³/mol. The highest BCUT2D eigenvalue weighted by Crippen LogP contribution is 2.36. The maximum absolute atomic E-state index is 13.6. The van der Waals surface area contributed by atoms with Gasteiger partial charge in [0.2, 0.25) is 5.91 Å². The largest absolute Gasteiger partial charge is 0.496 e. The zero-order valence-electron chi connectivity index (χ0n) is 14.2. The highest BCUT2D eigenvalue weighted by Gasteiger charge is 2.42. The average Bonchev–Trinajstić information content (AvgIpc) is 3.39. The summed E-state index contributed by atoms with van der Waals surface area (Å²) in [5, 5.41) is 0. The normalized spacial score (nSPS) is 27.4. The molecular formula is C19H25FN2O2. The molecule has 0 unspecified atom stereocenters. The van der Waals surface area contributed by atoms with Crippen molar-refractivity contribution in [3.8, 4) is 5.75 Å². The van der Waals surface area contributed by atoms with Crippen LogP contribution in [0, 0.1) is 17.7 Å². The third-order valence-electron chi connectivity index (χ3n) is 5.66. The number of hydrogen-bond acceptors (Lipinski definition) is 3. The summed E-state index contributed by atoms with van der Waals surface area (Å²) in [7, 11) is 1.61. The fraction of sp³-hybridized carbons (Fsp3) is 0.632. The molecule has 0 spiro atoms. The molecule has 3 aliphatic heterocycles. The lowest BCUT2D eigenvalue weighted by atomic mass is 9.94. The monoisotopic (exact) mass is 332 g/mol. The number of carbonyl (C=O) groups is 1. The van der Waals surface area contributed by atoms with Crippen LogP contribution < -0.4 is 4.74 Å². The number of piperidine rings is 1. The highest BCUT2D eigenvalue weighted by molar-refractivity contribution is 5.80. The third kappa shape index (κ3) is 3.14. The van der Waals surface area contributed by atoms with Crippen molar-refractivity contribution in [2.24, 2.45) is 11.8 Å². The maximum Gasteiger partial charge on any atom is 0.227 e. The van der Waals surface area contributed by atoms with Crippen molar-refractivity contribution in [2.45, 2.75) is 38.3 Å². The van der Waals surface area contributed by atoms with E-state index in [0.717, 1.165) is 44.0 Å². The summed E-state index contributed by atoms with van der Waals surface area (Å²) in [5.41, 5.74) is 0.861. The molecule has 3 heterocycles. The summed E-state index contributed by atoms with van der Waals surface area (Å²) in [5.74, 6) is 1.64. The van der Waals surface area contributed by atoms with Crippen molar-refractivity contribution in [3.63, 3.8) is 0 Å². The first kappa shape index (κ1) is 15.9. The minimum Gasteiger partial charge on any atom is -0.496 e. The summed E-state index contributed by atoms with van der Waals surface area (Å²) in [4.78, 5) is 17.2. The molecule has 0 aromatic heterocycles. The summed E-state index contributed by atoms with van der Waals surface area (Å²) < 4.78 is 19.0. The fourth-order valence-corrected chi connectivity index (χ4v) is 4.19. The fourth-order valence-electron chi connectivity index (χ4n) is 4.19. The van der Waals surface area contributed by atoms with Crippen LogP contribution in [-0.2, 0) is 11.3 Å². The van der Waals surface area contributed by atoms with Crippen molar-refractivity contribution < 1.29 is 13.9 Å². The molecule has 2 atom stereocenters. The van der Waals surface area contributed by atoms with Gasteiger partial charge in [0, 0.05) is 37.8 Å². The second-order valence-corrected chi connectivity index (χ2v) is 7.51. The smallest absolute Gasteiger partial charge is 0.227 e. The number of carbonyl (C=O) groups excluding carboxylic acids is 1. The van der Waals surface area contributed by atoms with Gasteiger partial charge in [0.25, 0.3) is 0 Å².